The molecule has 1 saturated carbocycles. The summed E-state index contributed by atoms with van der Waals surface area (Å²) in [6, 6.07) is 1.71. The van der Waals surface area contributed by atoms with Gasteiger partial charge < -0.3 is 19.5 Å². The molecule has 2 unspecified atom stereocenters. The molecular formula is C16H27N3O3. The number of rotatable bonds is 6. The molecule has 6 heteroatoms. The highest BCUT2D eigenvalue weighted by atomic mass is 16.5. The smallest absolute Gasteiger partial charge is 0.317 e. The van der Waals surface area contributed by atoms with Crippen LogP contribution in [0.25, 0.3) is 0 Å². The number of ether oxygens (including phenoxy) is 1. The highest BCUT2D eigenvalue weighted by molar-refractivity contribution is 5.73. The van der Waals surface area contributed by atoms with Crippen molar-refractivity contribution in [2.24, 2.45) is 5.92 Å². The largest absolute Gasteiger partial charge is 0.376 e. The molecule has 1 fully saturated rings. The highest BCUT2D eigenvalue weighted by Crippen LogP contribution is 2.25. The number of amides is 2. The second-order valence-corrected chi connectivity index (χ2v) is 6.19. The molecule has 2 atom stereocenters. The van der Waals surface area contributed by atoms with Crippen molar-refractivity contribution in [3.05, 3.63) is 17.5 Å². The summed E-state index contributed by atoms with van der Waals surface area (Å²) in [5.74, 6) is 1.38. The molecule has 2 amide bonds. The Bertz CT molecular complexity index is 475. The van der Waals surface area contributed by atoms with Gasteiger partial charge in [-0.3, -0.25) is 0 Å². The number of carbonyl (C=O) groups is 1. The first-order chi connectivity index (χ1) is 10.6. The summed E-state index contributed by atoms with van der Waals surface area (Å²) in [6.07, 6.45) is 5.30. The van der Waals surface area contributed by atoms with Crippen molar-refractivity contribution < 1.29 is 14.1 Å². The van der Waals surface area contributed by atoms with E-state index in [9.17, 15) is 4.79 Å². The molecule has 6 nitrogen and oxygen atoms in total. The van der Waals surface area contributed by atoms with Crippen molar-refractivity contribution >= 4 is 6.03 Å². The molecule has 124 valence electrons. The maximum absolute atomic E-state index is 12.0. The van der Waals surface area contributed by atoms with Crippen LogP contribution in [-0.4, -0.2) is 42.4 Å². The Morgan fingerprint density at radius 1 is 1.50 bits per heavy atom. The van der Waals surface area contributed by atoms with Gasteiger partial charge in [0, 0.05) is 19.7 Å². The van der Waals surface area contributed by atoms with Crippen molar-refractivity contribution in [2.45, 2.75) is 52.2 Å². The van der Waals surface area contributed by atoms with Gasteiger partial charge in [-0.25, -0.2) is 4.79 Å². The normalized spacial score (nSPS) is 21.6. The molecule has 1 aromatic rings. The van der Waals surface area contributed by atoms with E-state index in [0.717, 1.165) is 17.9 Å². The minimum Gasteiger partial charge on any atom is -0.376 e. The van der Waals surface area contributed by atoms with Crippen LogP contribution in [0, 0.1) is 12.8 Å². The van der Waals surface area contributed by atoms with Gasteiger partial charge in [-0.1, -0.05) is 24.9 Å². The van der Waals surface area contributed by atoms with Crippen molar-refractivity contribution in [3.8, 4) is 0 Å². The van der Waals surface area contributed by atoms with Gasteiger partial charge in [0.2, 0.25) is 0 Å². The van der Waals surface area contributed by atoms with E-state index in [1.807, 2.05) is 13.0 Å². The zero-order valence-electron chi connectivity index (χ0n) is 13.8. The number of aryl methyl sites for hydroxylation is 1. The van der Waals surface area contributed by atoms with Gasteiger partial charge in [-0.05, 0) is 25.7 Å². The lowest BCUT2D eigenvalue weighted by Crippen LogP contribution is -2.39. The molecular weight excluding hydrogens is 282 g/mol. The molecule has 1 heterocycles. The van der Waals surface area contributed by atoms with E-state index < -0.39 is 0 Å². The summed E-state index contributed by atoms with van der Waals surface area (Å²) in [7, 11) is 1.74. The Hall–Kier alpha value is -1.56. The lowest BCUT2D eigenvalue weighted by atomic mass is 9.88. The Morgan fingerprint density at radius 3 is 2.95 bits per heavy atom. The van der Waals surface area contributed by atoms with Crippen LogP contribution in [0.5, 0.6) is 0 Å². The predicted molar refractivity (Wildman–Crippen MR) is 83.5 cm³/mol. The van der Waals surface area contributed by atoms with Gasteiger partial charge in [-0.15, -0.1) is 0 Å². The predicted octanol–water partition coefficient (Wildman–Crippen LogP) is 2.72. The van der Waals surface area contributed by atoms with Gasteiger partial charge in [-0.2, -0.15) is 0 Å². The standard InChI is InChI=1S/C16H27N3O3/c1-12-6-4-5-7-15(12)21-9-8-17-16(20)19(3)11-14-10-13(2)22-18-14/h10,12,15H,4-9,11H2,1-3H3,(H,17,20). The second-order valence-electron chi connectivity index (χ2n) is 6.19. The number of hydrogen-bond acceptors (Lipinski definition) is 4. The first-order valence-electron chi connectivity index (χ1n) is 8.09. The van der Waals surface area contributed by atoms with Crippen LogP contribution in [0.4, 0.5) is 4.79 Å². The number of nitrogens with one attached hydrogen (secondary N) is 1. The van der Waals surface area contributed by atoms with E-state index in [1.165, 1.54) is 19.3 Å². The van der Waals surface area contributed by atoms with E-state index in [4.69, 9.17) is 9.26 Å². The van der Waals surface area contributed by atoms with E-state index in [-0.39, 0.29) is 6.03 Å². The van der Waals surface area contributed by atoms with Gasteiger partial charge in [0.05, 0.1) is 19.3 Å². The third-order valence-electron chi connectivity index (χ3n) is 4.17. The van der Waals surface area contributed by atoms with Crippen LogP contribution in [0.2, 0.25) is 0 Å². The molecule has 22 heavy (non-hydrogen) atoms. The molecule has 0 aromatic carbocycles. The number of nitrogens with zero attached hydrogens (tertiary/aromatic N) is 2. The molecule has 0 bridgehead atoms. The fourth-order valence-corrected chi connectivity index (χ4v) is 2.84. The maximum Gasteiger partial charge on any atom is 0.317 e. The number of hydrogen-bond donors (Lipinski definition) is 1. The maximum atomic E-state index is 12.0. The van der Waals surface area contributed by atoms with Crippen LogP contribution in [-0.2, 0) is 11.3 Å². The first kappa shape index (κ1) is 16.8. The summed E-state index contributed by atoms with van der Waals surface area (Å²) in [6.45, 7) is 5.61. The molecule has 1 aliphatic rings. The van der Waals surface area contributed by atoms with Crippen molar-refractivity contribution in [3.63, 3.8) is 0 Å². The fraction of sp³-hybridized carbons (Fsp3) is 0.750. The zero-order valence-corrected chi connectivity index (χ0v) is 13.8. The molecule has 0 spiro atoms. The van der Waals surface area contributed by atoms with E-state index in [0.29, 0.717) is 31.7 Å². The fourth-order valence-electron chi connectivity index (χ4n) is 2.84. The Kier molecular flexibility index (Phi) is 6.24. The third kappa shape index (κ3) is 5.02. The highest BCUT2D eigenvalue weighted by Gasteiger charge is 2.21. The lowest BCUT2D eigenvalue weighted by molar-refractivity contribution is -0.00267. The monoisotopic (exact) mass is 309 g/mol. The topological polar surface area (TPSA) is 67.6 Å². The van der Waals surface area contributed by atoms with Gasteiger partial charge in [0.1, 0.15) is 11.5 Å². The Labute approximate surface area is 132 Å². The second kappa shape index (κ2) is 8.17. The van der Waals surface area contributed by atoms with Crippen molar-refractivity contribution in [2.75, 3.05) is 20.2 Å². The van der Waals surface area contributed by atoms with Crippen LogP contribution in [0.3, 0.4) is 0 Å². The minimum atomic E-state index is -0.124. The van der Waals surface area contributed by atoms with Crippen molar-refractivity contribution in [1.82, 2.24) is 15.4 Å². The van der Waals surface area contributed by atoms with Crippen LogP contribution >= 0.6 is 0 Å². The number of aromatic nitrogens is 1. The van der Waals surface area contributed by atoms with E-state index in [1.54, 1.807) is 11.9 Å². The molecule has 0 saturated heterocycles. The summed E-state index contributed by atoms with van der Waals surface area (Å²) in [5, 5.41) is 6.75. The summed E-state index contributed by atoms with van der Waals surface area (Å²) >= 11 is 0. The number of carbonyl (C=O) groups excluding carboxylic acids is 1. The first-order valence-corrected chi connectivity index (χ1v) is 8.09. The average molecular weight is 309 g/mol. The quantitative estimate of drug-likeness (QED) is 0.820. The summed E-state index contributed by atoms with van der Waals surface area (Å²) < 4.78 is 10.9. The third-order valence-corrected chi connectivity index (χ3v) is 4.17. The zero-order chi connectivity index (χ0) is 15.9. The van der Waals surface area contributed by atoms with Crippen LogP contribution < -0.4 is 5.32 Å². The Balaban J connectivity index is 1.62. The summed E-state index contributed by atoms with van der Waals surface area (Å²) in [5.41, 5.74) is 0.752. The van der Waals surface area contributed by atoms with Crippen LogP contribution in [0.1, 0.15) is 44.1 Å². The van der Waals surface area contributed by atoms with E-state index >= 15 is 0 Å². The van der Waals surface area contributed by atoms with Crippen molar-refractivity contribution in [1.29, 1.82) is 0 Å². The minimum absolute atomic E-state index is 0.124. The van der Waals surface area contributed by atoms with Gasteiger partial charge >= 0.3 is 6.03 Å². The SMILES string of the molecule is Cc1cc(CN(C)C(=O)NCCOC2CCCCC2C)no1. The lowest BCUT2D eigenvalue weighted by Gasteiger charge is -2.28. The molecule has 1 aliphatic carbocycles. The van der Waals surface area contributed by atoms with Gasteiger partial charge in [0.25, 0.3) is 0 Å². The number of urea groups is 1. The average Bonchev–Trinajstić information content (AvgIpc) is 2.90. The van der Waals surface area contributed by atoms with Gasteiger partial charge in [0.15, 0.2) is 0 Å². The molecule has 0 aliphatic heterocycles. The molecule has 1 N–H and O–H groups in total. The molecule has 1 aromatic heterocycles. The Morgan fingerprint density at radius 2 is 2.27 bits per heavy atom. The van der Waals surface area contributed by atoms with E-state index in [2.05, 4.69) is 17.4 Å². The van der Waals surface area contributed by atoms with Crippen LogP contribution in [0.15, 0.2) is 10.6 Å². The molecule has 0 radical (unpaired) electrons. The molecule has 2 rings (SSSR count). The summed E-state index contributed by atoms with van der Waals surface area (Å²) in [4.78, 5) is 13.6.